The Hall–Kier alpha value is -0.950. The van der Waals surface area contributed by atoms with Crippen molar-refractivity contribution in [3.63, 3.8) is 0 Å². The molecule has 1 heterocycles. The van der Waals surface area contributed by atoms with Gasteiger partial charge in [0.25, 0.3) is 0 Å². The van der Waals surface area contributed by atoms with E-state index in [2.05, 4.69) is 17.0 Å². The second kappa shape index (κ2) is 8.06. The summed E-state index contributed by atoms with van der Waals surface area (Å²) in [6.07, 6.45) is 5.07. The van der Waals surface area contributed by atoms with Crippen LogP contribution in [0.3, 0.4) is 0 Å². The molecule has 2 rings (SSSR count). The Morgan fingerprint density at radius 3 is 2.23 bits per heavy atom. The molecule has 0 saturated carbocycles. The number of sulfonamides is 1. The minimum absolute atomic E-state index is 0.133. The summed E-state index contributed by atoms with van der Waals surface area (Å²) in [6.45, 7) is 3.57. The van der Waals surface area contributed by atoms with Crippen molar-refractivity contribution in [2.24, 2.45) is 0 Å². The lowest BCUT2D eigenvalue weighted by molar-refractivity contribution is 0.221. The summed E-state index contributed by atoms with van der Waals surface area (Å²) in [5, 5.41) is 8.99. The highest BCUT2D eigenvalue weighted by molar-refractivity contribution is 7.88. The molecule has 1 saturated heterocycles. The molecule has 1 fully saturated rings. The first-order valence-electron chi connectivity index (χ1n) is 7.85. The topological polar surface area (TPSA) is 60.9 Å². The first-order valence-corrected chi connectivity index (χ1v) is 9.70. The maximum Gasteiger partial charge on any atom is 0.211 e. The highest BCUT2D eigenvalue weighted by Crippen LogP contribution is 2.15. The fourth-order valence-electron chi connectivity index (χ4n) is 2.80. The average molecular weight is 326 g/mol. The number of aliphatic hydroxyl groups is 1. The predicted octanol–water partition coefficient (Wildman–Crippen LogP) is 1.43. The lowest BCUT2D eigenvalue weighted by Gasteiger charge is -2.26. The molecule has 22 heavy (non-hydrogen) atoms. The second-order valence-corrected chi connectivity index (χ2v) is 7.96. The number of piperidine rings is 1. The normalized spacial score (nSPS) is 17.0. The quantitative estimate of drug-likeness (QED) is 0.823. The number of benzene rings is 1. The van der Waals surface area contributed by atoms with E-state index < -0.39 is 10.0 Å². The maximum atomic E-state index is 11.7. The summed E-state index contributed by atoms with van der Waals surface area (Å²) in [6, 6.07) is 8.11. The molecule has 0 bridgehead atoms. The van der Waals surface area contributed by atoms with Crippen LogP contribution < -0.4 is 0 Å². The third kappa shape index (κ3) is 5.35. The molecule has 1 aromatic rings. The van der Waals surface area contributed by atoms with Crippen molar-refractivity contribution < 1.29 is 13.5 Å². The fraction of sp³-hybridized carbons (Fsp3) is 0.625. The predicted molar refractivity (Wildman–Crippen MR) is 87.9 cm³/mol. The van der Waals surface area contributed by atoms with E-state index in [1.165, 1.54) is 48.5 Å². The summed E-state index contributed by atoms with van der Waals surface area (Å²) in [5.74, 6) is 0. The molecule has 0 aliphatic carbocycles. The molecule has 5 nitrogen and oxygen atoms in total. The van der Waals surface area contributed by atoms with Gasteiger partial charge in [0.15, 0.2) is 0 Å². The Morgan fingerprint density at radius 2 is 1.68 bits per heavy atom. The van der Waals surface area contributed by atoms with Gasteiger partial charge in [-0.3, -0.25) is 4.90 Å². The zero-order valence-corrected chi connectivity index (χ0v) is 14.1. The fourth-order valence-corrected chi connectivity index (χ4v) is 3.60. The summed E-state index contributed by atoms with van der Waals surface area (Å²) in [5.41, 5.74) is 2.21. The number of hydrogen-bond acceptors (Lipinski definition) is 4. The van der Waals surface area contributed by atoms with Crippen molar-refractivity contribution >= 4 is 10.0 Å². The van der Waals surface area contributed by atoms with Crippen molar-refractivity contribution in [2.45, 2.75) is 32.4 Å². The zero-order valence-electron chi connectivity index (χ0n) is 13.2. The number of nitrogens with zero attached hydrogens (tertiary/aromatic N) is 2. The molecular weight excluding hydrogens is 300 g/mol. The zero-order chi connectivity index (χ0) is 16.0. The van der Waals surface area contributed by atoms with Crippen LogP contribution in [0.2, 0.25) is 0 Å². The number of hydrogen-bond donors (Lipinski definition) is 1. The monoisotopic (exact) mass is 326 g/mol. The largest absolute Gasteiger partial charge is 0.395 e. The summed E-state index contributed by atoms with van der Waals surface area (Å²) < 4.78 is 24.6. The highest BCUT2D eigenvalue weighted by atomic mass is 32.2. The Morgan fingerprint density at radius 1 is 1.09 bits per heavy atom. The van der Waals surface area contributed by atoms with Gasteiger partial charge in [-0.15, -0.1) is 0 Å². The molecule has 1 N–H and O–H groups in total. The van der Waals surface area contributed by atoms with Crippen LogP contribution in [0.15, 0.2) is 24.3 Å². The Labute approximate surface area is 133 Å². The second-order valence-electron chi connectivity index (χ2n) is 5.97. The van der Waals surface area contributed by atoms with Gasteiger partial charge >= 0.3 is 0 Å². The third-order valence-corrected chi connectivity index (χ3v) is 5.30. The van der Waals surface area contributed by atoms with E-state index in [1.807, 2.05) is 12.1 Å². The van der Waals surface area contributed by atoms with Crippen molar-refractivity contribution in [2.75, 3.05) is 32.5 Å². The van der Waals surface area contributed by atoms with Crippen molar-refractivity contribution in [3.05, 3.63) is 35.4 Å². The Balaban J connectivity index is 1.95. The van der Waals surface area contributed by atoms with E-state index in [9.17, 15) is 8.42 Å². The van der Waals surface area contributed by atoms with E-state index in [1.54, 1.807) is 0 Å². The maximum absolute atomic E-state index is 11.7. The van der Waals surface area contributed by atoms with Crippen molar-refractivity contribution in [1.82, 2.24) is 9.21 Å². The number of likely N-dealkylation sites (tertiary alicyclic amines) is 1. The van der Waals surface area contributed by atoms with E-state index in [0.717, 1.165) is 12.1 Å². The highest BCUT2D eigenvalue weighted by Gasteiger charge is 2.16. The smallest absolute Gasteiger partial charge is 0.211 e. The Kier molecular flexibility index (Phi) is 6.37. The van der Waals surface area contributed by atoms with Crippen LogP contribution in [0.5, 0.6) is 0 Å². The van der Waals surface area contributed by atoms with Crippen LogP contribution in [0, 0.1) is 0 Å². The van der Waals surface area contributed by atoms with Gasteiger partial charge in [0, 0.05) is 19.6 Å². The van der Waals surface area contributed by atoms with Gasteiger partial charge in [0.2, 0.25) is 10.0 Å². The molecule has 1 aliphatic heterocycles. The van der Waals surface area contributed by atoms with Crippen molar-refractivity contribution in [1.29, 1.82) is 0 Å². The van der Waals surface area contributed by atoms with Gasteiger partial charge in [-0.2, -0.15) is 4.31 Å². The summed E-state index contributed by atoms with van der Waals surface area (Å²) in [4.78, 5) is 2.47. The van der Waals surface area contributed by atoms with Gasteiger partial charge in [0.05, 0.1) is 12.9 Å². The van der Waals surface area contributed by atoms with Crippen molar-refractivity contribution in [3.8, 4) is 0 Å². The molecule has 0 aromatic heterocycles. The van der Waals surface area contributed by atoms with E-state index in [0.29, 0.717) is 6.54 Å². The lowest BCUT2D eigenvalue weighted by atomic mass is 10.1. The molecule has 1 aliphatic rings. The standard InChI is InChI=1S/C16H26N2O3S/c1-22(20,21)18(11-12-19)14-16-7-5-15(6-8-16)13-17-9-3-2-4-10-17/h5-8,19H,2-4,9-14H2,1H3. The summed E-state index contributed by atoms with van der Waals surface area (Å²) >= 11 is 0. The van der Waals surface area contributed by atoms with Crippen LogP contribution in [0.4, 0.5) is 0 Å². The number of rotatable bonds is 7. The molecule has 0 spiro atoms. The first-order chi connectivity index (χ1) is 10.5. The molecular formula is C16H26N2O3S. The lowest BCUT2D eigenvalue weighted by Crippen LogP contribution is -2.32. The molecule has 124 valence electrons. The molecule has 0 unspecified atom stereocenters. The van der Waals surface area contributed by atoms with Crippen LogP contribution >= 0.6 is 0 Å². The minimum atomic E-state index is -3.29. The Bertz CT molecular complexity index is 551. The van der Waals surface area contributed by atoms with E-state index in [4.69, 9.17) is 5.11 Å². The molecule has 0 amide bonds. The van der Waals surface area contributed by atoms with Gasteiger partial charge in [-0.25, -0.2) is 8.42 Å². The van der Waals surface area contributed by atoms with E-state index >= 15 is 0 Å². The van der Waals surface area contributed by atoms with Gasteiger partial charge in [-0.1, -0.05) is 30.7 Å². The molecule has 1 aromatic carbocycles. The number of aliphatic hydroxyl groups excluding tert-OH is 1. The molecule has 0 radical (unpaired) electrons. The van der Waals surface area contributed by atoms with Crippen LogP contribution in [0.25, 0.3) is 0 Å². The van der Waals surface area contributed by atoms with Gasteiger partial charge in [-0.05, 0) is 37.1 Å². The van der Waals surface area contributed by atoms with Crippen LogP contribution in [-0.4, -0.2) is 55.2 Å². The van der Waals surface area contributed by atoms with Gasteiger partial charge in [0.1, 0.15) is 0 Å². The average Bonchev–Trinajstić information content (AvgIpc) is 2.49. The molecule has 0 atom stereocenters. The molecule has 6 heteroatoms. The third-order valence-electron chi connectivity index (χ3n) is 4.06. The minimum Gasteiger partial charge on any atom is -0.395 e. The SMILES string of the molecule is CS(=O)(=O)N(CCO)Cc1ccc(CN2CCCCC2)cc1. The van der Waals surface area contributed by atoms with Crippen LogP contribution in [-0.2, 0) is 23.1 Å². The van der Waals surface area contributed by atoms with Crippen LogP contribution in [0.1, 0.15) is 30.4 Å². The summed E-state index contributed by atoms with van der Waals surface area (Å²) in [7, 11) is -3.29. The first kappa shape index (κ1) is 17.4. The van der Waals surface area contributed by atoms with Gasteiger partial charge < -0.3 is 5.11 Å². The van der Waals surface area contributed by atoms with E-state index in [-0.39, 0.29) is 13.2 Å².